The number of aromatic nitrogens is 2. The molecule has 0 aliphatic rings. The number of benzene rings is 1. The van der Waals surface area contributed by atoms with E-state index in [1.165, 1.54) is 5.56 Å². The van der Waals surface area contributed by atoms with E-state index in [1.807, 2.05) is 12.1 Å². The number of rotatable bonds is 7. The Morgan fingerprint density at radius 1 is 1.24 bits per heavy atom. The maximum Gasteiger partial charge on any atom is 0.225 e. The number of nitrogens with one attached hydrogen (secondary N) is 2. The first-order valence-corrected chi connectivity index (χ1v) is 7.11. The van der Waals surface area contributed by atoms with Crippen molar-refractivity contribution >= 4 is 22.7 Å². The molecule has 0 radical (unpaired) electrons. The Bertz CT molecular complexity index is 593. The second-order valence-electron chi connectivity index (χ2n) is 4.87. The van der Waals surface area contributed by atoms with E-state index in [0.717, 1.165) is 36.1 Å². The highest BCUT2D eigenvalue weighted by molar-refractivity contribution is 5.90. The molecule has 0 atom stereocenters. The molecule has 21 heavy (non-hydrogen) atoms. The number of nitrogens with zero attached hydrogens (tertiary/aromatic N) is 2. The normalized spacial score (nSPS) is 10.0. The summed E-state index contributed by atoms with van der Waals surface area (Å²) in [6, 6.07) is 6.22. The second kappa shape index (κ2) is 8.25. The Balaban J connectivity index is 0.00000220. The van der Waals surface area contributed by atoms with Crippen LogP contribution in [0.5, 0.6) is 0 Å². The van der Waals surface area contributed by atoms with Crippen molar-refractivity contribution in [1.29, 1.82) is 0 Å². The molecule has 0 amide bonds. The maximum atomic E-state index is 4.57. The van der Waals surface area contributed by atoms with Gasteiger partial charge in [-0.3, -0.25) is 0 Å². The van der Waals surface area contributed by atoms with Crippen LogP contribution >= 0.6 is 0 Å². The first-order chi connectivity index (χ1) is 9.74. The molecule has 0 aliphatic heterocycles. The lowest BCUT2D eigenvalue weighted by Crippen LogP contribution is -2.08. The Morgan fingerprint density at radius 2 is 2.05 bits per heavy atom. The molecule has 1 aromatic heterocycles. The van der Waals surface area contributed by atoms with E-state index in [4.69, 9.17) is 0 Å². The molecule has 0 spiro atoms. The fraction of sp³-hybridized carbons (Fsp3) is 0.412. The third kappa shape index (κ3) is 4.45. The fourth-order valence-electron chi connectivity index (χ4n) is 2.00. The van der Waals surface area contributed by atoms with Crippen LogP contribution in [0.2, 0.25) is 0 Å². The van der Waals surface area contributed by atoms with Gasteiger partial charge in [-0.2, -0.15) is 4.98 Å². The van der Waals surface area contributed by atoms with Crippen molar-refractivity contribution in [2.75, 3.05) is 23.7 Å². The van der Waals surface area contributed by atoms with Crippen LogP contribution in [-0.2, 0) is 0 Å². The highest BCUT2D eigenvalue weighted by atomic mass is 15.1. The fourth-order valence-corrected chi connectivity index (χ4v) is 2.00. The first-order valence-electron chi connectivity index (χ1n) is 7.11. The van der Waals surface area contributed by atoms with Gasteiger partial charge in [0.2, 0.25) is 5.95 Å². The Labute approximate surface area is 127 Å². The summed E-state index contributed by atoms with van der Waals surface area (Å²) in [6.45, 7) is 9.56. The van der Waals surface area contributed by atoms with Crippen molar-refractivity contribution in [1.82, 2.24) is 9.97 Å². The Kier molecular flexibility index (Phi) is 6.66. The molecule has 1 heterocycles. The molecule has 4 nitrogen and oxygen atoms in total. The molecule has 0 aliphatic carbocycles. The van der Waals surface area contributed by atoms with Gasteiger partial charge < -0.3 is 10.6 Å². The molecule has 0 bridgehead atoms. The Morgan fingerprint density at radius 3 is 2.76 bits per heavy atom. The molecule has 0 unspecified atom stereocenters. The van der Waals surface area contributed by atoms with E-state index in [-0.39, 0.29) is 7.43 Å². The van der Waals surface area contributed by atoms with Crippen LogP contribution in [0.15, 0.2) is 30.9 Å². The number of anilines is 2. The van der Waals surface area contributed by atoms with Gasteiger partial charge in [-0.1, -0.05) is 38.5 Å². The number of hydrogen-bond acceptors (Lipinski definition) is 4. The largest absolute Gasteiger partial charge is 0.366 e. The molecule has 0 fully saturated rings. The monoisotopic (exact) mass is 286 g/mol. The van der Waals surface area contributed by atoms with Crippen molar-refractivity contribution in [3.63, 3.8) is 0 Å². The van der Waals surface area contributed by atoms with Crippen molar-refractivity contribution in [3.05, 3.63) is 36.4 Å². The Hall–Kier alpha value is -2.10. The molecule has 2 N–H and O–H groups in total. The highest BCUT2D eigenvalue weighted by Crippen LogP contribution is 2.23. The number of hydrogen-bond donors (Lipinski definition) is 2. The SMILES string of the molecule is C.C=CCNc1nc(NCCCC)nc2ccc(C)cc12. The zero-order valence-corrected chi connectivity index (χ0v) is 12.2. The van der Waals surface area contributed by atoms with Gasteiger partial charge in [-0.15, -0.1) is 6.58 Å². The van der Waals surface area contributed by atoms with E-state index in [9.17, 15) is 0 Å². The molecule has 0 saturated carbocycles. The van der Waals surface area contributed by atoms with Crippen LogP contribution in [0.3, 0.4) is 0 Å². The predicted molar refractivity (Wildman–Crippen MR) is 93.1 cm³/mol. The summed E-state index contributed by atoms with van der Waals surface area (Å²) in [5.74, 6) is 1.54. The minimum atomic E-state index is 0. The smallest absolute Gasteiger partial charge is 0.225 e. The maximum absolute atomic E-state index is 4.57. The van der Waals surface area contributed by atoms with Crippen LogP contribution < -0.4 is 10.6 Å². The van der Waals surface area contributed by atoms with Gasteiger partial charge in [0.15, 0.2) is 0 Å². The van der Waals surface area contributed by atoms with Gasteiger partial charge in [0, 0.05) is 18.5 Å². The minimum absolute atomic E-state index is 0. The van der Waals surface area contributed by atoms with Gasteiger partial charge in [-0.05, 0) is 25.5 Å². The molecular formula is C17H26N4. The van der Waals surface area contributed by atoms with Gasteiger partial charge in [0.05, 0.1) is 5.52 Å². The van der Waals surface area contributed by atoms with Gasteiger partial charge in [-0.25, -0.2) is 4.98 Å². The summed E-state index contributed by atoms with van der Waals surface area (Å²) in [6.07, 6.45) is 4.10. The summed E-state index contributed by atoms with van der Waals surface area (Å²) in [7, 11) is 0. The molecule has 114 valence electrons. The lowest BCUT2D eigenvalue weighted by Gasteiger charge is -2.11. The van der Waals surface area contributed by atoms with Crippen LogP contribution in [-0.4, -0.2) is 23.1 Å². The van der Waals surface area contributed by atoms with Crippen molar-refractivity contribution in [2.24, 2.45) is 0 Å². The number of fused-ring (bicyclic) bond motifs is 1. The number of aryl methyl sites for hydroxylation is 1. The lowest BCUT2D eigenvalue weighted by molar-refractivity contribution is 0.827. The minimum Gasteiger partial charge on any atom is -0.366 e. The summed E-state index contributed by atoms with van der Waals surface area (Å²) < 4.78 is 0. The average Bonchev–Trinajstić information content (AvgIpc) is 2.45. The molecule has 0 saturated heterocycles. The molecule has 1 aromatic carbocycles. The molecular weight excluding hydrogens is 260 g/mol. The predicted octanol–water partition coefficient (Wildman–Crippen LogP) is 4.38. The van der Waals surface area contributed by atoms with Crippen molar-refractivity contribution in [2.45, 2.75) is 34.1 Å². The van der Waals surface area contributed by atoms with E-state index >= 15 is 0 Å². The lowest BCUT2D eigenvalue weighted by atomic mass is 10.1. The zero-order valence-electron chi connectivity index (χ0n) is 12.2. The van der Waals surface area contributed by atoms with Gasteiger partial charge >= 0.3 is 0 Å². The highest BCUT2D eigenvalue weighted by Gasteiger charge is 2.07. The van der Waals surface area contributed by atoms with Gasteiger partial charge in [0.1, 0.15) is 5.82 Å². The van der Waals surface area contributed by atoms with Crippen LogP contribution in [0.4, 0.5) is 11.8 Å². The topological polar surface area (TPSA) is 49.8 Å². The third-order valence-electron chi connectivity index (χ3n) is 3.08. The standard InChI is InChI=1S/C16H22N4.CH4/c1-4-6-10-18-16-19-14-8-7-12(3)11-13(14)15(20-16)17-9-5-2;/h5,7-8,11H,2,4,6,9-10H2,1,3H3,(H2,17,18,19,20);1H4. The third-order valence-corrected chi connectivity index (χ3v) is 3.08. The van der Waals surface area contributed by atoms with E-state index in [2.05, 4.69) is 53.2 Å². The molecule has 4 heteroatoms. The van der Waals surface area contributed by atoms with Crippen LogP contribution in [0, 0.1) is 6.92 Å². The van der Waals surface area contributed by atoms with Crippen LogP contribution in [0.25, 0.3) is 10.9 Å². The zero-order chi connectivity index (χ0) is 14.4. The summed E-state index contributed by atoms with van der Waals surface area (Å²) in [5, 5.41) is 7.62. The van der Waals surface area contributed by atoms with Crippen molar-refractivity contribution in [3.8, 4) is 0 Å². The van der Waals surface area contributed by atoms with E-state index < -0.39 is 0 Å². The van der Waals surface area contributed by atoms with E-state index in [0.29, 0.717) is 12.5 Å². The van der Waals surface area contributed by atoms with Crippen molar-refractivity contribution < 1.29 is 0 Å². The van der Waals surface area contributed by atoms with Gasteiger partial charge in [0.25, 0.3) is 0 Å². The van der Waals surface area contributed by atoms with E-state index in [1.54, 1.807) is 0 Å². The second-order valence-corrected chi connectivity index (χ2v) is 4.87. The average molecular weight is 286 g/mol. The quantitative estimate of drug-likeness (QED) is 0.585. The molecule has 2 aromatic rings. The first kappa shape index (κ1) is 17.0. The summed E-state index contributed by atoms with van der Waals surface area (Å²) in [5.41, 5.74) is 2.16. The number of unbranched alkanes of at least 4 members (excludes halogenated alkanes) is 1. The van der Waals surface area contributed by atoms with Crippen LogP contribution in [0.1, 0.15) is 32.8 Å². The summed E-state index contributed by atoms with van der Waals surface area (Å²) >= 11 is 0. The summed E-state index contributed by atoms with van der Waals surface area (Å²) in [4.78, 5) is 9.14. The molecule has 2 rings (SSSR count).